The van der Waals surface area contributed by atoms with Crippen molar-refractivity contribution in [2.75, 3.05) is 10.6 Å². The number of unbranched alkanes of at least 4 members (excludes halogenated alkanes) is 4. The van der Waals surface area contributed by atoms with Gasteiger partial charge in [0, 0.05) is 17.6 Å². The van der Waals surface area contributed by atoms with Gasteiger partial charge in [-0.15, -0.1) is 0 Å². The number of benzene rings is 2. The quantitative estimate of drug-likeness (QED) is 0.115. The summed E-state index contributed by atoms with van der Waals surface area (Å²) in [6.45, 7) is 4.36. The summed E-state index contributed by atoms with van der Waals surface area (Å²) in [5.41, 5.74) is 2.15. The summed E-state index contributed by atoms with van der Waals surface area (Å²) in [6, 6.07) is 16.4. The van der Waals surface area contributed by atoms with Crippen molar-refractivity contribution in [2.24, 2.45) is 0 Å². The normalized spacial score (nSPS) is 12.3. The van der Waals surface area contributed by atoms with Crippen LogP contribution < -0.4 is 15.4 Å². The average Bonchev–Trinajstić information content (AvgIpc) is 3.49. The van der Waals surface area contributed by atoms with E-state index in [2.05, 4.69) is 39.2 Å². The molecule has 1 unspecified atom stereocenters. The Hall–Kier alpha value is -3.76. The van der Waals surface area contributed by atoms with Crippen LogP contribution >= 0.6 is 0 Å². The molecule has 1 atom stereocenters. The monoisotopic (exact) mass is 579 g/mol. The van der Waals surface area contributed by atoms with Crippen LogP contribution in [-0.4, -0.2) is 18.4 Å². The van der Waals surface area contributed by atoms with Crippen molar-refractivity contribution in [3.63, 3.8) is 0 Å². The Labute approximate surface area is 241 Å². The molecule has 0 radical (unpaired) electrons. The second-order valence-electron chi connectivity index (χ2n) is 9.99. The van der Waals surface area contributed by atoms with Crippen molar-refractivity contribution in [3.05, 3.63) is 90.3 Å². The van der Waals surface area contributed by atoms with Crippen LogP contribution in [0.5, 0.6) is 0 Å². The Morgan fingerprint density at radius 3 is 2.44 bits per heavy atom. The molecular formula is C31H38FN5O3S. The standard InChI is InChI=1S/C31H38FN5O3S/c1-3-5-6-7-8-10-23(4-2)28-21-26(16-17-29(28)41(38,39)34-22-27-11-9-20-40-27)36-31-33-19-18-30(37-31)35-25-14-12-24(32)13-15-25/h9,11-21,23,34H,3-8,10,22H2,1-2H3,(H2,33,35,36,37). The van der Waals surface area contributed by atoms with E-state index in [0.717, 1.165) is 31.2 Å². The molecule has 8 nitrogen and oxygen atoms in total. The molecule has 0 aliphatic rings. The Kier molecular flexibility index (Phi) is 10.9. The number of furan rings is 1. The van der Waals surface area contributed by atoms with Gasteiger partial charge in [0.25, 0.3) is 0 Å². The van der Waals surface area contributed by atoms with E-state index in [1.165, 1.54) is 37.7 Å². The van der Waals surface area contributed by atoms with Crippen molar-refractivity contribution in [2.45, 2.75) is 76.2 Å². The van der Waals surface area contributed by atoms with E-state index in [0.29, 0.717) is 28.9 Å². The number of halogens is 1. The average molecular weight is 580 g/mol. The Morgan fingerprint density at radius 2 is 1.71 bits per heavy atom. The molecule has 0 saturated carbocycles. The van der Waals surface area contributed by atoms with Gasteiger partial charge in [-0.3, -0.25) is 0 Å². The van der Waals surface area contributed by atoms with E-state index in [1.807, 2.05) is 6.07 Å². The lowest BCUT2D eigenvalue weighted by Crippen LogP contribution is -2.25. The van der Waals surface area contributed by atoms with Gasteiger partial charge < -0.3 is 15.1 Å². The number of sulfonamides is 1. The molecule has 0 bridgehead atoms. The predicted molar refractivity (Wildman–Crippen MR) is 161 cm³/mol. The summed E-state index contributed by atoms with van der Waals surface area (Å²) in [7, 11) is -3.80. The maximum absolute atomic E-state index is 13.5. The molecule has 0 aliphatic heterocycles. The van der Waals surface area contributed by atoms with Crippen LogP contribution in [-0.2, 0) is 16.6 Å². The third-order valence-corrected chi connectivity index (χ3v) is 8.41. The van der Waals surface area contributed by atoms with Crippen LogP contribution in [0.4, 0.5) is 27.5 Å². The van der Waals surface area contributed by atoms with Gasteiger partial charge in [-0.05, 0) is 85.0 Å². The maximum Gasteiger partial charge on any atom is 0.241 e. The van der Waals surface area contributed by atoms with Crippen LogP contribution in [0.15, 0.2) is 82.4 Å². The van der Waals surface area contributed by atoms with Crippen molar-refractivity contribution >= 4 is 33.2 Å². The Bertz CT molecular complexity index is 1480. The lowest BCUT2D eigenvalue weighted by atomic mass is 9.90. The van der Waals surface area contributed by atoms with Gasteiger partial charge in [-0.1, -0.05) is 46.0 Å². The molecule has 4 aromatic rings. The fourth-order valence-electron chi connectivity index (χ4n) is 4.72. The lowest BCUT2D eigenvalue weighted by Gasteiger charge is -2.21. The first-order valence-corrected chi connectivity index (χ1v) is 15.6. The number of hydrogen-bond acceptors (Lipinski definition) is 7. The summed E-state index contributed by atoms with van der Waals surface area (Å²) in [6.07, 6.45) is 10.6. The minimum absolute atomic E-state index is 0.0703. The molecule has 3 N–H and O–H groups in total. The Morgan fingerprint density at radius 1 is 0.927 bits per heavy atom. The first-order chi connectivity index (χ1) is 19.9. The van der Waals surface area contributed by atoms with Crippen LogP contribution in [0, 0.1) is 5.82 Å². The molecular weight excluding hydrogens is 541 g/mol. The molecule has 10 heteroatoms. The second-order valence-corrected chi connectivity index (χ2v) is 11.7. The zero-order chi connectivity index (χ0) is 29.1. The molecule has 41 heavy (non-hydrogen) atoms. The second kappa shape index (κ2) is 14.7. The molecule has 2 heterocycles. The summed E-state index contributed by atoms with van der Waals surface area (Å²) < 4.78 is 48.2. The number of hydrogen-bond donors (Lipinski definition) is 3. The molecule has 2 aromatic heterocycles. The minimum Gasteiger partial charge on any atom is -0.468 e. The predicted octanol–water partition coefficient (Wildman–Crippen LogP) is 8.03. The first kappa shape index (κ1) is 30.2. The number of nitrogens with zero attached hydrogens (tertiary/aromatic N) is 2. The highest BCUT2D eigenvalue weighted by Gasteiger charge is 2.24. The molecule has 4 rings (SSSR count). The molecule has 0 spiro atoms. The summed E-state index contributed by atoms with van der Waals surface area (Å²) >= 11 is 0. The van der Waals surface area contributed by atoms with E-state index in [-0.39, 0.29) is 23.2 Å². The SMILES string of the molecule is CCCCCCCC(CC)c1cc(Nc2nccc(Nc3ccc(F)cc3)n2)ccc1S(=O)(=O)NCc1ccco1. The maximum atomic E-state index is 13.5. The van der Waals surface area contributed by atoms with E-state index in [4.69, 9.17) is 4.42 Å². The van der Waals surface area contributed by atoms with Gasteiger partial charge in [-0.25, -0.2) is 22.5 Å². The van der Waals surface area contributed by atoms with Crippen molar-refractivity contribution in [1.29, 1.82) is 0 Å². The third-order valence-electron chi connectivity index (χ3n) is 6.93. The Balaban J connectivity index is 1.57. The topological polar surface area (TPSA) is 109 Å². The fraction of sp³-hybridized carbons (Fsp3) is 0.355. The highest BCUT2D eigenvalue weighted by atomic mass is 32.2. The molecule has 0 saturated heterocycles. The smallest absolute Gasteiger partial charge is 0.241 e. The molecule has 2 aromatic carbocycles. The summed E-state index contributed by atoms with van der Waals surface area (Å²) in [5, 5.41) is 6.36. The zero-order valence-corrected chi connectivity index (χ0v) is 24.4. The first-order valence-electron chi connectivity index (χ1n) is 14.2. The number of aromatic nitrogens is 2. The van der Waals surface area contributed by atoms with Crippen LogP contribution in [0.2, 0.25) is 0 Å². The number of nitrogens with one attached hydrogen (secondary N) is 3. The number of rotatable bonds is 16. The van der Waals surface area contributed by atoms with Gasteiger partial charge in [0.05, 0.1) is 17.7 Å². The molecule has 0 aliphatic carbocycles. The number of anilines is 4. The van der Waals surface area contributed by atoms with Gasteiger partial charge in [0.2, 0.25) is 16.0 Å². The highest BCUT2D eigenvalue weighted by Crippen LogP contribution is 2.34. The minimum atomic E-state index is -3.80. The molecule has 0 fully saturated rings. The van der Waals surface area contributed by atoms with Crippen LogP contribution in [0.3, 0.4) is 0 Å². The van der Waals surface area contributed by atoms with E-state index in [1.54, 1.807) is 48.7 Å². The highest BCUT2D eigenvalue weighted by molar-refractivity contribution is 7.89. The largest absolute Gasteiger partial charge is 0.468 e. The zero-order valence-electron chi connectivity index (χ0n) is 23.6. The van der Waals surface area contributed by atoms with E-state index in [9.17, 15) is 12.8 Å². The van der Waals surface area contributed by atoms with Gasteiger partial charge >= 0.3 is 0 Å². The van der Waals surface area contributed by atoms with Crippen molar-refractivity contribution in [3.8, 4) is 0 Å². The molecule has 218 valence electrons. The van der Waals surface area contributed by atoms with Gasteiger partial charge in [0.15, 0.2) is 0 Å². The van der Waals surface area contributed by atoms with E-state index < -0.39 is 10.0 Å². The molecule has 0 amide bonds. The van der Waals surface area contributed by atoms with Gasteiger partial charge in [0.1, 0.15) is 17.4 Å². The van der Waals surface area contributed by atoms with Gasteiger partial charge in [-0.2, -0.15) is 4.98 Å². The van der Waals surface area contributed by atoms with Crippen molar-refractivity contribution < 1.29 is 17.2 Å². The van der Waals surface area contributed by atoms with Crippen LogP contribution in [0.1, 0.15) is 76.0 Å². The van der Waals surface area contributed by atoms with Crippen molar-refractivity contribution in [1.82, 2.24) is 14.7 Å². The summed E-state index contributed by atoms with van der Waals surface area (Å²) in [4.78, 5) is 9.11. The lowest BCUT2D eigenvalue weighted by molar-refractivity contribution is 0.497. The summed E-state index contributed by atoms with van der Waals surface area (Å²) in [5.74, 6) is 1.18. The third kappa shape index (κ3) is 8.86. The van der Waals surface area contributed by atoms with E-state index >= 15 is 0 Å². The van der Waals surface area contributed by atoms with Crippen LogP contribution in [0.25, 0.3) is 0 Å². The fourth-order valence-corrected chi connectivity index (χ4v) is 5.99.